The standard InChI is InChI=1S/C12H10Cl2FN3O2/c1-6(2)19-11-16-10(14)17-12(18-11)20-8-5-3-4-7(13)9(8)15/h3-6H,1-2H3. The van der Waals surface area contributed by atoms with Crippen LogP contribution >= 0.6 is 23.2 Å². The van der Waals surface area contributed by atoms with Gasteiger partial charge in [-0.15, -0.1) is 4.98 Å². The fourth-order valence-electron chi connectivity index (χ4n) is 1.29. The topological polar surface area (TPSA) is 57.1 Å². The molecule has 106 valence electrons. The zero-order chi connectivity index (χ0) is 14.7. The average molecular weight is 318 g/mol. The van der Waals surface area contributed by atoms with Gasteiger partial charge in [0.1, 0.15) is 0 Å². The van der Waals surface area contributed by atoms with Gasteiger partial charge in [0, 0.05) is 0 Å². The minimum atomic E-state index is -0.711. The van der Waals surface area contributed by atoms with E-state index >= 15 is 0 Å². The molecule has 0 saturated heterocycles. The van der Waals surface area contributed by atoms with Crippen molar-refractivity contribution in [3.8, 4) is 17.8 Å². The molecule has 0 amide bonds. The molecule has 0 unspecified atom stereocenters. The number of hydrogen-bond acceptors (Lipinski definition) is 5. The number of benzene rings is 1. The van der Waals surface area contributed by atoms with Crippen molar-refractivity contribution in [1.29, 1.82) is 0 Å². The summed E-state index contributed by atoms with van der Waals surface area (Å²) in [7, 11) is 0. The summed E-state index contributed by atoms with van der Waals surface area (Å²) in [5.74, 6) is -0.827. The maximum Gasteiger partial charge on any atom is 0.329 e. The zero-order valence-corrected chi connectivity index (χ0v) is 12.1. The summed E-state index contributed by atoms with van der Waals surface area (Å²) in [6.45, 7) is 3.60. The van der Waals surface area contributed by atoms with Crippen LogP contribution in [0.4, 0.5) is 4.39 Å². The fraction of sp³-hybridized carbons (Fsp3) is 0.250. The monoisotopic (exact) mass is 317 g/mol. The molecule has 0 radical (unpaired) electrons. The van der Waals surface area contributed by atoms with E-state index in [-0.39, 0.29) is 34.2 Å². The first-order valence-corrected chi connectivity index (χ1v) is 6.41. The second-order valence-corrected chi connectivity index (χ2v) is 4.74. The normalized spacial score (nSPS) is 10.7. The summed E-state index contributed by atoms with van der Waals surface area (Å²) in [5.41, 5.74) is 0. The van der Waals surface area contributed by atoms with Crippen LogP contribution in [0.3, 0.4) is 0 Å². The van der Waals surface area contributed by atoms with Gasteiger partial charge in [0.05, 0.1) is 11.1 Å². The van der Waals surface area contributed by atoms with Gasteiger partial charge in [-0.25, -0.2) is 4.39 Å². The molecule has 0 aliphatic carbocycles. The molecule has 0 bridgehead atoms. The van der Waals surface area contributed by atoms with E-state index in [2.05, 4.69) is 15.0 Å². The molecule has 1 aromatic carbocycles. The van der Waals surface area contributed by atoms with E-state index in [9.17, 15) is 4.39 Å². The van der Waals surface area contributed by atoms with E-state index in [1.54, 1.807) is 13.8 Å². The van der Waals surface area contributed by atoms with Crippen molar-refractivity contribution in [2.24, 2.45) is 0 Å². The van der Waals surface area contributed by atoms with Gasteiger partial charge in [-0.2, -0.15) is 9.97 Å². The van der Waals surface area contributed by atoms with Crippen LogP contribution in [0.15, 0.2) is 18.2 Å². The maximum absolute atomic E-state index is 13.7. The van der Waals surface area contributed by atoms with E-state index in [0.29, 0.717) is 0 Å². The Morgan fingerprint density at radius 2 is 1.80 bits per heavy atom. The fourth-order valence-corrected chi connectivity index (χ4v) is 1.60. The van der Waals surface area contributed by atoms with Crippen molar-refractivity contribution in [2.45, 2.75) is 20.0 Å². The van der Waals surface area contributed by atoms with Crippen LogP contribution in [0.5, 0.6) is 17.8 Å². The van der Waals surface area contributed by atoms with Gasteiger partial charge in [-0.05, 0) is 37.6 Å². The maximum atomic E-state index is 13.7. The molecule has 0 aliphatic rings. The molecule has 1 aromatic heterocycles. The molecule has 0 N–H and O–H groups in total. The predicted octanol–water partition coefficient (Wildman–Crippen LogP) is 3.90. The molecule has 0 spiro atoms. The second-order valence-electron chi connectivity index (χ2n) is 3.99. The first kappa shape index (κ1) is 14.7. The van der Waals surface area contributed by atoms with Crippen molar-refractivity contribution >= 4 is 23.2 Å². The largest absolute Gasteiger partial charge is 0.461 e. The van der Waals surface area contributed by atoms with Gasteiger partial charge >= 0.3 is 12.0 Å². The van der Waals surface area contributed by atoms with Crippen molar-refractivity contribution < 1.29 is 13.9 Å². The lowest BCUT2D eigenvalue weighted by atomic mass is 10.3. The Morgan fingerprint density at radius 3 is 2.50 bits per heavy atom. The summed E-state index contributed by atoms with van der Waals surface area (Å²) in [5, 5.41) is -0.186. The zero-order valence-electron chi connectivity index (χ0n) is 10.6. The highest BCUT2D eigenvalue weighted by Crippen LogP contribution is 2.28. The van der Waals surface area contributed by atoms with Crippen LogP contribution in [0.25, 0.3) is 0 Å². The summed E-state index contributed by atoms with van der Waals surface area (Å²) in [4.78, 5) is 11.4. The van der Waals surface area contributed by atoms with E-state index in [0.717, 1.165) is 0 Å². The Kier molecular flexibility index (Phi) is 4.57. The molecule has 5 nitrogen and oxygen atoms in total. The van der Waals surface area contributed by atoms with Gasteiger partial charge in [-0.3, -0.25) is 0 Å². The molecule has 2 rings (SSSR count). The van der Waals surface area contributed by atoms with Crippen LogP contribution in [0, 0.1) is 5.82 Å². The first-order valence-electron chi connectivity index (χ1n) is 5.66. The number of rotatable bonds is 4. The van der Waals surface area contributed by atoms with Crippen molar-refractivity contribution in [3.63, 3.8) is 0 Å². The van der Waals surface area contributed by atoms with Crippen LogP contribution in [0.1, 0.15) is 13.8 Å². The Morgan fingerprint density at radius 1 is 1.10 bits per heavy atom. The van der Waals surface area contributed by atoms with E-state index in [4.69, 9.17) is 32.7 Å². The van der Waals surface area contributed by atoms with Crippen LogP contribution in [0.2, 0.25) is 10.3 Å². The molecule has 0 saturated carbocycles. The average Bonchev–Trinajstić information content (AvgIpc) is 2.33. The Labute approximate surface area is 124 Å². The molecule has 8 heteroatoms. The van der Waals surface area contributed by atoms with Gasteiger partial charge in [-0.1, -0.05) is 17.7 Å². The second kappa shape index (κ2) is 6.19. The molecule has 2 aromatic rings. The highest BCUT2D eigenvalue weighted by Gasteiger charge is 2.13. The van der Waals surface area contributed by atoms with Crippen LogP contribution in [-0.2, 0) is 0 Å². The third-order valence-electron chi connectivity index (χ3n) is 2.03. The lowest BCUT2D eigenvalue weighted by Gasteiger charge is -2.09. The third kappa shape index (κ3) is 3.68. The third-order valence-corrected chi connectivity index (χ3v) is 2.49. The van der Waals surface area contributed by atoms with Crippen LogP contribution < -0.4 is 9.47 Å². The number of hydrogen-bond donors (Lipinski definition) is 0. The van der Waals surface area contributed by atoms with Gasteiger partial charge in [0.25, 0.3) is 0 Å². The Hall–Kier alpha value is -1.66. The molecule has 0 atom stereocenters. The number of nitrogens with zero attached hydrogens (tertiary/aromatic N) is 3. The van der Waals surface area contributed by atoms with Crippen LogP contribution in [-0.4, -0.2) is 21.1 Å². The van der Waals surface area contributed by atoms with E-state index in [1.807, 2.05) is 0 Å². The lowest BCUT2D eigenvalue weighted by molar-refractivity contribution is 0.218. The quantitative estimate of drug-likeness (QED) is 0.856. The van der Waals surface area contributed by atoms with Crippen molar-refractivity contribution in [3.05, 3.63) is 34.3 Å². The Balaban J connectivity index is 2.29. The molecular formula is C12H10Cl2FN3O2. The number of halogens is 3. The molecule has 20 heavy (non-hydrogen) atoms. The minimum Gasteiger partial charge on any atom is -0.461 e. The van der Waals surface area contributed by atoms with Gasteiger partial charge in [0.15, 0.2) is 11.6 Å². The van der Waals surface area contributed by atoms with Gasteiger partial charge in [0.2, 0.25) is 5.28 Å². The molecular weight excluding hydrogens is 308 g/mol. The first-order chi connectivity index (χ1) is 9.45. The lowest BCUT2D eigenvalue weighted by Crippen LogP contribution is -2.09. The minimum absolute atomic E-state index is 0.00237. The smallest absolute Gasteiger partial charge is 0.329 e. The number of ether oxygens (including phenoxy) is 2. The summed E-state index contributed by atoms with van der Waals surface area (Å²) < 4.78 is 24.2. The van der Waals surface area contributed by atoms with E-state index in [1.165, 1.54) is 18.2 Å². The van der Waals surface area contributed by atoms with Gasteiger partial charge < -0.3 is 9.47 Å². The SMILES string of the molecule is CC(C)Oc1nc(Cl)nc(Oc2cccc(Cl)c2F)n1. The predicted molar refractivity (Wildman–Crippen MR) is 72.1 cm³/mol. The van der Waals surface area contributed by atoms with Crippen molar-refractivity contribution in [1.82, 2.24) is 15.0 Å². The highest BCUT2D eigenvalue weighted by molar-refractivity contribution is 6.30. The van der Waals surface area contributed by atoms with Crippen molar-refractivity contribution in [2.75, 3.05) is 0 Å². The molecule has 0 fully saturated rings. The highest BCUT2D eigenvalue weighted by atomic mass is 35.5. The molecule has 0 aliphatic heterocycles. The molecule has 1 heterocycles. The summed E-state index contributed by atoms with van der Waals surface area (Å²) in [6.07, 6.45) is -0.149. The summed E-state index contributed by atoms with van der Waals surface area (Å²) in [6, 6.07) is 4.15. The summed E-state index contributed by atoms with van der Waals surface area (Å²) >= 11 is 11.4. The van der Waals surface area contributed by atoms with E-state index < -0.39 is 5.82 Å². The number of aromatic nitrogens is 3. The Bertz CT molecular complexity index is 626.